The molecule has 0 radical (unpaired) electrons. The fourth-order valence-electron chi connectivity index (χ4n) is 6.81. The molecule has 6 rings (SSSR count). The molecule has 186 valence electrons. The van der Waals surface area contributed by atoms with Crippen LogP contribution in [0.2, 0.25) is 0 Å². The number of hydrogen-bond donors (Lipinski definition) is 2. The Morgan fingerprint density at radius 1 is 1.14 bits per heavy atom. The van der Waals surface area contributed by atoms with Gasteiger partial charge in [0.25, 0.3) is 0 Å². The van der Waals surface area contributed by atoms with Crippen molar-refractivity contribution in [2.45, 2.75) is 58.3 Å². The van der Waals surface area contributed by atoms with Gasteiger partial charge in [0.05, 0.1) is 6.61 Å². The molecule has 3 heterocycles. The van der Waals surface area contributed by atoms with E-state index in [2.05, 4.69) is 41.5 Å². The summed E-state index contributed by atoms with van der Waals surface area (Å²) in [4.78, 5) is 29.6. The molecule has 5 atom stereocenters. The van der Waals surface area contributed by atoms with Gasteiger partial charge in [-0.1, -0.05) is 56.3 Å². The number of ether oxygens (including phenoxy) is 1. The first kappa shape index (κ1) is 23.9. The molecule has 4 bridgehead atoms. The van der Waals surface area contributed by atoms with E-state index in [0.29, 0.717) is 19.1 Å². The largest absolute Gasteiger partial charge is 0.494 e. The lowest BCUT2D eigenvalue weighted by Gasteiger charge is -2.55. The zero-order valence-corrected chi connectivity index (χ0v) is 21.0. The molecule has 35 heavy (non-hydrogen) atoms. The van der Waals surface area contributed by atoms with Crippen LogP contribution in [0.4, 0.5) is 0 Å². The zero-order chi connectivity index (χ0) is 24.6. The van der Waals surface area contributed by atoms with Crippen LogP contribution in [0.25, 0.3) is 0 Å². The SMILES string of the molecule is CCOc1ccc(CN2CC3CC4C(=O)NC3(C(=O)NCc3ccccc3)C2C4CC(C)C)cc1. The quantitative estimate of drug-likeness (QED) is 0.580. The van der Waals surface area contributed by atoms with E-state index in [1.54, 1.807) is 0 Å². The van der Waals surface area contributed by atoms with Crippen LogP contribution >= 0.6 is 0 Å². The highest BCUT2D eigenvalue weighted by atomic mass is 16.5. The van der Waals surface area contributed by atoms with E-state index in [1.807, 2.05) is 49.4 Å². The minimum absolute atomic E-state index is 0.00584. The molecule has 2 N–H and O–H groups in total. The maximum atomic E-state index is 13.9. The van der Waals surface area contributed by atoms with Gasteiger partial charge in [0, 0.05) is 37.5 Å². The van der Waals surface area contributed by atoms with Crippen molar-refractivity contribution in [3.8, 4) is 5.75 Å². The molecule has 2 aromatic rings. The number of nitrogens with zero attached hydrogens (tertiary/aromatic N) is 1. The molecule has 1 aliphatic carbocycles. The molecule has 6 heteroatoms. The third kappa shape index (κ3) is 4.33. The molecule has 1 saturated carbocycles. The van der Waals surface area contributed by atoms with Gasteiger partial charge < -0.3 is 15.4 Å². The summed E-state index contributed by atoms with van der Waals surface area (Å²) in [6.07, 6.45) is 1.74. The van der Waals surface area contributed by atoms with Crippen molar-refractivity contribution < 1.29 is 14.3 Å². The van der Waals surface area contributed by atoms with Crippen LogP contribution in [0, 0.1) is 23.7 Å². The molecule has 3 aliphatic heterocycles. The monoisotopic (exact) mass is 475 g/mol. The van der Waals surface area contributed by atoms with E-state index >= 15 is 0 Å². The van der Waals surface area contributed by atoms with E-state index in [9.17, 15) is 9.59 Å². The van der Waals surface area contributed by atoms with E-state index < -0.39 is 5.54 Å². The van der Waals surface area contributed by atoms with E-state index in [4.69, 9.17) is 4.74 Å². The van der Waals surface area contributed by atoms with E-state index in [1.165, 1.54) is 5.56 Å². The molecule has 2 aromatic carbocycles. The highest BCUT2D eigenvalue weighted by Crippen LogP contribution is 2.54. The van der Waals surface area contributed by atoms with Gasteiger partial charge in [-0.3, -0.25) is 14.5 Å². The maximum absolute atomic E-state index is 13.9. The molecule has 4 aliphatic rings. The van der Waals surface area contributed by atoms with Gasteiger partial charge in [0.15, 0.2) is 0 Å². The van der Waals surface area contributed by atoms with Crippen molar-refractivity contribution in [1.29, 1.82) is 0 Å². The number of carbonyl (C=O) groups is 2. The molecule has 2 amide bonds. The average Bonchev–Trinajstić information content (AvgIpc) is 3.07. The fraction of sp³-hybridized carbons (Fsp3) is 0.517. The molecular formula is C29H37N3O3. The Bertz CT molecular complexity index is 1050. The van der Waals surface area contributed by atoms with Crippen LogP contribution in [0.15, 0.2) is 54.6 Å². The Hall–Kier alpha value is -2.86. The van der Waals surface area contributed by atoms with Crippen molar-refractivity contribution in [3.05, 3.63) is 65.7 Å². The van der Waals surface area contributed by atoms with Crippen LogP contribution in [0.1, 0.15) is 44.7 Å². The van der Waals surface area contributed by atoms with Gasteiger partial charge in [-0.2, -0.15) is 0 Å². The van der Waals surface area contributed by atoms with Crippen molar-refractivity contribution in [3.63, 3.8) is 0 Å². The maximum Gasteiger partial charge on any atom is 0.248 e. The van der Waals surface area contributed by atoms with Gasteiger partial charge in [-0.15, -0.1) is 0 Å². The number of fused-ring (bicyclic) bond motifs is 1. The number of likely N-dealkylation sites (tertiary alicyclic amines) is 1. The molecular weight excluding hydrogens is 438 g/mol. The fourth-order valence-corrected chi connectivity index (χ4v) is 6.81. The van der Waals surface area contributed by atoms with E-state index in [-0.39, 0.29) is 35.6 Å². The van der Waals surface area contributed by atoms with Gasteiger partial charge >= 0.3 is 0 Å². The molecule has 3 saturated heterocycles. The molecule has 6 nitrogen and oxygen atoms in total. The molecule has 4 fully saturated rings. The van der Waals surface area contributed by atoms with Gasteiger partial charge in [-0.25, -0.2) is 0 Å². The van der Waals surface area contributed by atoms with Crippen molar-refractivity contribution in [1.82, 2.24) is 15.5 Å². The summed E-state index contributed by atoms with van der Waals surface area (Å²) in [5.41, 5.74) is 1.39. The van der Waals surface area contributed by atoms with Crippen LogP contribution in [-0.4, -0.2) is 41.4 Å². The number of benzene rings is 2. The van der Waals surface area contributed by atoms with Crippen LogP contribution in [0.5, 0.6) is 5.75 Å². The Balaban J connectivity index is 1.43. The Kier molecular flexibility index (Phi) is 6.58. The van der Waals surface area contributed by atoms with Gasteiger partial charge in [0.1, 0.15) is 11.3 Å². The van der Waals surface area contributed by atoms with Crippen LogP contribution < -0.4 is 15.4 Å². The topological polar surface area (TPSA) is 70.7 Å². The minimum atomic E-state index is -0.870. The molecule has 5 unspecified atom stereocenters. The second-order valence-electron chi connectivity index (χ2n) is 10.8. The summed E-state index contributed by atoms with van der Waals surface area (Å²) in [5, 5.41) is 6.45. The van der Waals surface area contributed by atoms with Gasteiger partial charge in [0.2, 0.25) is 11.8 Å². The summed E-state index contributed by atoms with van der Waals surface area (Å²) in [7, 11) is 0. The first-order valence-electron chi connectivity index (χ1n) is 13.0. The third-order valence-electron chi connectivity index (χ3n) is 8.12. The Morgan fingerprint density at radius 2 is 1.89 bits per heavy atom. The predicted molar refractivity (Wildman–Crippen MR) is 136 cm³/mol. The normalized spacial score (nSPS) is 29.3. The predicted octanol–water partition coefficient (Wildman–Crippen LogP) is 3.75. The zero-order valence-electron chi connectivity index (χ0n) is 21.0. The Labute approximate surface area is 208 Å². The summed E-state index contributed by atoms with van der Waals surface area (Å²) in [5.74, 6) is 1.64. The summed E-state index contributed by atoms with van der Waals surface area (Å²) < 4.78 is 5.61. The summed E-state index contributed by atoms with van der Waals surface area (Å²) in [6, 6.07) is 18.2. The lowest BCUT2D eigenvalue weighted by molar-refractivity contribution is -0.155. The smallest absolute Gasteiger partial charge is 0.248 e. The number of hydrogen-bond acceptors (Lipinski definition) is 4. The average molecular weight is 476 g/mol. The second-order valence-corrected chi connectivity index (χ2v) is 10.8. The third-order valence-corrected chi connectivity index (χ3v) is 8.12. The number of carbonyl (C=O) groups excluding carboxylic acids is 2. The first-order valence-corrected chi connectivity index (χ1v) is 13.0. The Morgan fingerprint density at radius 3 is 2.57 bits per heavy atom. The van der Waals surface area contributed by atoms with Gasteiger partial charge in [-0.05, 0) is 54.9 Å². The van der Waals surface area contributed by atoms with Crippen molar-refractivity contribution in [2.75, 3.05) is 13.2 Å². The minimum Gasteiger partial charge on any atom is -0.494 e. The van der Waals surface area contributed by atoms with Crippen LogP contribution in [-0.2, 0) is 22.7 Å². The number of rotatable bonds is 9. The number of amides is 2. The summed E-state index contributed by atoms with van der Waals surface area (Å²) >= 11 is 0. The highest BCUT2D eigenvalue weighted by Gasteiger charge is 2.70. The van der Waals surface area contributed by atoms with Crippen LogP contribution in [0.3, 0.4) is 0 Å². The lowest BCUT2D eigenvalue weighted by atomic mass is 9.57. The first-order chi connectivity index (χ1) is 16.9. The standard InChI is InChI=1S/C29H37N3O3/c1-4-35-23-12-10-21(11-13-23)17-32-18-22-15-25-24(14-19(2)3)26(32)29(22,31-27(25)33)28(34)30-16-20-8-6-5-7-9-20/h5-13,19,22,24-26H,4,14-18H2,1-3H3,(H,30,34)(H,31,33). The highest BCUT2D eigenvalue weighted by molar-refractivity contribution is 5.97. The number of piperidine rings is 2. The van der Waals surface area contributed by atoms with Crippen molar-refractivity contribution >= 4 is 11.8 Å². The summed E-state index contributed by atoms with van der Waals surface area (Å²) in [6.45, 7) is 9.11. The van der Waals surface area contributed by atoms with E-state index in [0.717, 1.165) is 37.2 Å². The second kappa shape index (κ2) is 9.65. The number of nitrogens with one attached hydrogen (secondary N) is 2. The van der Waals surface area contributed by atoms with Crippen molar-refractivity contribution in [2.24, 2.45) is 23.7 Å². The molecule has 0 aromatic heterocycles. The lowest BCUT2D eigenvalue weighted by Crippen LogP contribution is -2.77. The molecule has 0 spiro atoms.